The first-order valence-corrected chi connectivity index (χ1v) is 11.3. The van der Waals surface area contributed by atoms with Crippen molar-refractivity contribution in [3.8, 4) is 0 Å². The van der Waals surface area contributed by atoms with Crippen LogP contribution in [-0.4, -0.2) is 0 Å². The SMILES string of the molecule is CCCC(C)C1CC(CC)C1CCC(C)CC(C(C)C)C(C)CC. The van der Waals surface area contributed by atoms with Crippen LogP contribution in [0, 0.1) is 47.3 Å². The summed E-state index contributed by atoms with van der Waals surface area (Å²) in [6, 6.07) is 0. The molecule has 0 aromatic heterocycles. The Morgan fingerprint density at radius 2 is 1.58 bits per heavy atom. The molecule has 0 N–H and O–H groups in total. The fourth-order valence-corrected chi connectivity index (χ4v) is 5.62. The molecule has 144 valence electrons. The van der Waals surface area contributed by atoms with E-state index in [1.165, 1.54) is 51.4 Å². The molecule has 1 aliphatic rings. The smallest absolute Gasteiger partial charge is 0.0355 e. The van der Waals surface area contributed by atoms with Crippen molar-refractivity contribution < 1.29 is 0 Å². The molecule has 0 aromatic carbocycles. The van der Waals surface area contributed by atoms with Crippen molar-refractivity contribution in [2.45, 2.75) is 107 Å². The van der Waals surface area contributed by atoms with Crippen LogP contribution in [0.5, 0.6) is 0 Å². The maximum Gasteiger partial charge on any atom is -0.0355 e. The normalized spacial score (nSPS) is 29.1. The zero-order valence-electron chi connectivity index (χ0n) is 18.3. The van der Waals surface area contributed by atoms with E-state index in [-0.39, 0.29) is 0 Å². The number of rotatable bonds is 12. The highest BCUT2D eigenvalue weighted by Gasteiger charge is 2.41. The molecule has 0 nitrogen and oxygen atoms in total. The van der Waals surface area contributed by atoms with Gasteiger partial charge in [-0.1, -0.05) is 87.5 Å². The second kappa shape index (κ2) is 10.9. The number of hydrogen-bond acceptors (Lipinski definition) is 0. The zero-order chi connectivity index (χ0) is 18.3. The van der Waals surface area contributed by atoms with Gasteiger partial charge in [0.15, 0.2) is 0 Å². The van der Waals surface area contributed by atoms with Crippen molar-refractivity contribution in [3.05, 3.63) is 0 Å². The molecule has 0 heteroatoms. The second-order valence-corrected chi connectivity index (χ2v) is 9.71. The maximum absolute atomic E-state index is 2.53. The maximum atomic E-state index is 2.53. The van der Waals surface area contributed by atoms with Crippen LogP contribution >= 0.6 is 0 Å². The predicted molar refractivity (Wildman–Crippen MR) is 110 cm³/mol. The Labute approximate surface area is 154 Å². The first-order chi connectivity index (χ1) is 11.3. The molecule has 7 unspecified atom stereocenters. The van der Waals surface area contributed by atoms with Gasteiger partial charge in [0.25, 0.3) is 0 Å². The van der Waals surface area contributed by atoms with E-state index in [0.717, 1.165) is 47.3 Å². The molecule has 0 amide bonds. The molecule has 0 spiro atoms. The van der Waals surface area contributed by atoms with Gasteiger partial charge in [0.1, 0.15) is 0 Å². The zero-order valence-corrected chi connectivity index (χ0v) is 18.3. The fourth-order valence-electron chi connectivity index (χ4n) is 5.62. The summed E-state index contributed by atoms with van der Waals surface area (Å²) < 4.78 is 0. The van der Waals surface area contributed by atoms with Gasteiger partial charge in [-0.05, 0) is 66.6 Å². The lowest BCUT2D eigenvalue weighted by atomic mass is 9.57. The summed E-state index contributed by atoms with van der Waals surface area (Å²) in [6.45, 7) is 19.5. The molecule has 1 saturated carbocycles. The highest BCUT2D eigenvalue weighted by Crippen LogP contribution is 2.50. The van der Waals surface area contributed by atoms with E-state index in [4.69, 9.17) is 0 Å². The Balaban J connectivity index is 2.49. The molecule has 0 aromatic rings. The van der Waals surface area contributed by atoms with Crippen molar-refractivity contribution in [2.24, 2.45) is 47.3 Å². The van der Waals surface area contributed by atoms with Gasteiger partial charge in [0, 0.05) is 0 Å². The minimum Gasteiger partial charge on any atom is -0.0654 e. The topological polar surface area (TPSA) is 0 Å². The molecule has 0 heterocycles. The average molecular weight is 337 g/mol. The predicted octanol–water partition coefficient (Wildman–Crippen LogP) is 8.21. The van der Waals surface area contributed by atoms with Gasteiger partial charge in [-0.15, -0.1) is 0 Å². The lowest BCUT2D eigenvalue weighted by molar-refractivity contribution is 0.0115. The average Bonchev–Trinajstić information content (AvgIpc) is 2.51. The van der Waals surface area contributed by atoms with Crippen LogP contribution in [0.1, 0.15) is 107 Å². The van der Waals surface area contributed by atoms with Crippen molar-refractivity contribution in [1.82, 2.24) is 0 Å². The molecule has 0 radical (unpaired) electrons. The molecule has 24 heavy (non-hydrogen) atoms. The van der Waals surface area contributed by atoms with E-state index in [1.807, 2.05) is 0 Å². The molecular formula is C24H48. The third kappa shape index (κ3) is 6.06. The first-order valence-electron chi connectivity index (χ1n) is 11.3. The molecule has 0 bridgehead atoms. The fraction of sp³-hybridized carbons (Fsp3) is 1.00. The van der Waals surface area contributed by atoms with Crippen LogP contribution in [-0.2, 0) is 0 Å². The van der Waals surface area contributed by atoms with Crippen LogP contribution in [0.15, 0.2) is 0 Å². The monoisotopic (exact) mass is 336 g/mol. The summed E-state index contributed by atoms with van der Waals surface area (Å²) in [5.74, 6) is 7.63. The molecular weight excluding hydrogens is 288 g/mol. The molecule has 0 aliphatic heterocycles. The van der Waals surface area contributed by atoms with Gasteiger partial charge in [-0.3, -0.25) is 0 Å². The molecule has 0 saturated heterocycles. The molecule has 1 fully saturated rings. The van der Waals surface area contributed by atoms with Crippen LogP contribution in [0.25, 0.3) is 0 Å². The van der Waals surface area contributed by atoms with Gasteiger partial charge >= 0.3 is 0 Å². The summed E-state index contributed by atoms with van der Waals surface area (Å²) in [7, 11) is 0. The first kappa shape index (κ1) is 22.0. The van der Waals surface area contributed by atoms with Gasteiger partial charge in [0.05, 0.1) is 0 Å². The highest BCUT2D eigenvalue weighted by atomic mass is 14.5. The Kier molecular flexibility index (Phi) is 9.98. The van der Waals surface area contributed by atoms with Crippen LogP contribution in [0.3, 0.4) is 0 Å². The van der Waals surface area contributed by atoms with Crippen molar-refractivity contribution in [2.75, 3.05) is 0 Å². The Morgan fingerprint density at radius 1 is 0.917 bits per heavy atom. The molecule has 7 atom stereocenters. The van der Waals surface area contributed by atoms with Crippen LogP contribution in [0.2, 0.25) is 0 Å². The standard InChI is InChI=1S/C24H48/c1-9-12-20(8)24-16-21(11-3)22(24)14-13-18(6)15-23(17(4)5)19(7)10-2/h17-24H,9-16H2,1-8H3. The molecule has 1 aliphatic carbocycles. The Bertz CT molecular complexity index is 318. The van der Waals surface area contributed by atoms with Crippen molar-refractivity contribution in [1.29, 1.82) is 0 Å². The quantitative estimate of drug-likeness (QED) is 0.337. The highest BCUT2D eigenvalue weighted by molar-refractivity contribution is 4.91. The van der Waals surface area contributed by atoms with Gasteiger partial charge in [-0.25, -0.2) is 0 Å². The van der Waals surface area contributed by atoms with E-state index in [2.05, 4.69) is 55.4 Å². The van der Waals surface area contributed by atoms with E-state index in [1.54, 1.807) is 0 Å². The van der Waals surface area contributed by atoms with E-state index < -0.39 is 0 Å². The van der Waals surface area contributed by atoms with Crippen molar-refractivity contribution in [3.63, 3.8) is 0 Å². The molecule has 1 rings (SSSR count). The van der Waals surface area contributed by atoms with Gasteiger partial charge < -0.3 is 0 Å². The third-order valence-corrected chi connectivity index (χ3v) is 7.63. The summed E-state index contributed by atoms with van der Waals surface area (Å²) in [5, 5.41) is 0. The Hall–Kier alpha value is 0. The Morgan fingerprint density at radius 3 is 2.08 bits per heavy atom. The van der Waals surface area contributed by atoms with Gasteiger partial charge in [-0.2, -0.15) is 0 Å². The summed E-state index contributed by atoms with van der Waals surface area (Å²) in [5.41, 5.74) is 0. The van der Waals surface area contributed by atoms with E-state index in [0.29, 0.717) is 0 Å². The number of hydrogen-bond donors (Lipinski definition) is 0. The van der Waals surface area contributed by atoms with Gasteiger partial charge in [0.2, 0.25) is 0 Å². The lowest BCUT2D eigenvalue weighted by Gasteiger charge is -2.48. The van der Waals surface area contributed by atoms with E-state index >= 15 is 0 Å². The third-order valence-electron chi connectivity index (χ3n) is 7.63. The van der Waals surface area contributed by atoms with E-state index in [9.17, 15) is 0 Å². The largest absolute Gasteiger partial charge is 0.0654 e. The second-order valence-electron chi connectivity index (χ2n) is 9.71. The summed E-state index contributed by atoms with van der Waals surface area (Å²) >= 11 is 0. The van der Waals surface area contributed by atoms with Crippen LogP contribution < -0.4 is 0 Å². The lowest BCUT2D eigenvalue weighted by Crippen LogP contribution is -2.40. The minimum absolute atomic E-state index is 0.840. The summed E-state index contributed by atoms with van der Waals surface area (Å²) in [6.07, 6.45) is 11.5. The van der Waals surface area contributed by atoms with Crippen molar-refractivity contribution >= 4 is 0 Å². The summed E-state index contributed by atoms with van der Waals surface area (Å²) in [4.78, 5) is 0. The van der Waals surface area contributed by atoms with Crippen LogP contribution in [0.4, 0.5) is 0 Å². The minimum atomic E-state index is 0.840.